The summed E-state index contributed by atoms with van der Waals surface area (Å²) in [5.74, 6) is -0.957. The summed E-state index contributed by atoms with van der Waals surface area (Å²) < 4.78 is 5.93. The van der Waals surface area contributed by atoms with E-state index in [1.807, 2.05) is 0 Å². The molecule has 0 radical (unpaired) electrons. The first-order valence-corrected chi connectivity index (χ1v) is 6.39. The molecule has 0 fully saturated rings. The molecule has 1 aromatic rings. The van der Waals surface area contributed by atoms with Crippen LogP contribution in [0.1, 0.15) is 16.8 Å². The molecule has 3 N–H and O–H groups in total. The maximum atomic E-state index is 11.0. The lowest BCUT2D eigenvalue weighted by Gasteiger charge is -2.10. The summed E-state index contributed by atoms with van der Waals surface area (Å²) in [6.45, 7) is 1.49. The maximum Gasteiger partial charge on any atom is 0.337 e. The molecule has 0 aromatic heterocycles. The highest BCUT2D eigenvalue weighted by molar-refractivity contribution is 9.10. The number of ether oxygens (including phenoxy) is 1. The van der Waals surface area contributed by atoms with Crippen LogP contribution in [0, 0.1) is 0 Å². The summed E-state index contributed by atoms with van der Waals surface area (Å²) in [5, 5.41) is 20.6. The standard InChI is InChI=1S/C12H16BrNO4/c13-9-2-3-10(12(16)17)11(8-9)14-4-1-6-18-7-5-15/h2-3,8,14-15H,1,4-7H2,(H,16,17). The van der Waals surface area contributed by atoms with Gasteiger partial charge in [0.2, 0.25) is 0 Å². The predicted octanol–water partition coefficient (Wildman–Crippen LogP) is 1.96. The van der Waals surface area contributed by atoms with Crippen LogP contribution >= 0.6 is 15.9 Å². The summed E-state index contributed by atoms with van der Waals surface area (Å²) in [6, 6.07) is 4.98. The molecule has 0 aliphatic carbocycles. The van der Waals surface area contributed by atoms with Gasteiger partial charge in [-0.3, -0.25) is 0 Å². The molecule has 0 aliphatic rings. The van der Waals surface area contributed by atoms with Gasteiger partial charge in [-0.1, -0.05) is 15.9 Å². The molecule has 6 heteroatoms. The van der Waals surface area contributed by atoms with Crippen LogP contribution in [-0.4, -0.2) is 42.5 Å². The third kappa shape index (κ3) is 5.03. The molecule has 0 unspecified atom stereocenters. The Morgan fingerprint density at radius 3 is 2.83 bits per heavy atom. The molecule has 1 aromatic carbocycles. The van der Waals surface area contributed by atoms with Crippen molar-refractivity contribution in [1.82, 2.24) is 0 Å². The summed E-state index contributed by atoms with van der Waals surface area (Å²) in [4.78, 5) is 11.0. The van der Waals surface area contributed by atoms with Crippen molar-refractivity contribution in [3.63, 3.8) is 0 Å². The number of anilines is 1. The lowest BCUT2D eigenvalue weighted by atomic mass is 10.2. The average Bonchev–Trinajstić information content (AvgIpc) is 2.33. The van der Waals surface area contributed by atoms with Crippen molar-refractivity contribution in [2.24, 2.45) is 0 Å². The van der Waals surface area contributed by atoms with Crippen LogP contribution in [0.2, 0.25) is 0 Å². The largest absolute Gasteiger partial charge is 0.478 e. The molecule has 0 aliphatic heterocycles. The summed E-state index contributed by atoms with van der Waals surface area (Å²) >= 11 is 3.30. The molecule has 5 nitrogen and oxygen atoms in total. The molecule has 0 saturated heterocycles. The van der Waals surface area contributed by atoms with Gasteiger partial charge in [0.1, 0.15) is 0 Å². The molecule has 0 heterocycles. The van der Waals surface area contributed by atoms with Gasteiger partial charge in [-0.25, -0.2) is 4.79 Å². The molecule has 18 heavy (non-hydrogen) atoms. The smallest absolute Gasteiger partial charge is 0.337 e. The second kappa shape index (κ2) is 8.07. The number of hydrogen-bond acceptors (Lipinski definition) is 4. The molecule has 0 spiro atoms. The highest BCUT2D eigenvalue weighted by atomic mass is 79.9. The minimum Gasteiger partial charge on any atom is -0.478 e. The van der Waals surface area contributed by atoms with Crippen molar-refractivity contribution in [3.05, 3.63) is 28.2 Å². The van der Waals surface area contributed by atoms with Crippen LogP contribution in [0.4, 0.5) is 5.69 Å². The van der Waals surface area contributed by atoms with E-state index in [9.17, 15) is 4.79 Å². The van der Waals surface area contributed by atoms with E-state index in [-0.39, 0.29) is 12.2 Å². The highest BCUT2D eigenvalue weighted by Gasteiger charge is 2.09. The van der Waals surface area contributed by atoms with E-state index < -0.39 is 5.97 Å². The van der Waals surface area contributed by atoms with Gasteiger partial charge in [-0.15, -0.1) is 0 Å². The van der Waals surface area contributed by atoms with Gasteiger partial charge in [0.25, 0.3) is 0 Å². The van der Waals surface area contributed by atoms with Crippen LogP contribution in [0.3, 0.4) is 0 Å². The number of rotatable bonds is 8. The normalized spacial score (nSPS) is 10.3. The zero-order valence-electron chi connectivity index (χ0n) is 9.86. The molecule has 0 bridgehead atoms. The Bertz CT molecular complexity index is 398. The van der Waals surface area contributed by atoms with Gasteiger partial charge in [0.05, 0.1) is 18.8 Å². The Kier molecular flexibility index (Phi) is 6.70. The van der Waals surface area contributed by atoms with E-state index in [4.69, 9.17) is 14.9 Å². The summed E-state index contributed by atoms with van der Waals surface area (Å²) in [5.41, 5.74) is 0.827. The number of aromatic carboxylic acids is 1. The topological polar surface area (TPSA) is 78.8 Å². The maximum absolute atomic E-state index is 11.0. The summed E-state index contributed by atoms with van der Waals surface area (Å²) in [6.07, 6.45) is 0.742. The molecule has 1 rings (SSSR count). The van der Waals surface area contributed by atoms with Crippen molar-refractivity contribution in [3.8, 4) is 0 Å². The third-order valence-corrected chi connectivity index (χ3v) is 2.72. The van der Waals surface area contributed by atoms with Gasteiger partial charge in [0, 0.05) is 23.3 Å². The lowest BCUT2D eigenvalue weighted by molar-refractivity contribution is 0.0698. The van der Waals surface area contributed by atoms with E-state index in [0.29, 0.717) is 25.4 Å². The quantitative estimate of drug-likeness (QED) is 0.639. The molecule has 0 amide bonds. The Morgan fingerprint density at radius 1 is 1.39 bits per heavy atom. The second-order valence-electron chi connectivity index (χ2n) is 3.61. The fourth-order valence-corrected chi connectivity index (χ4v) is 1.77. The van der Waals surface area contributed by atoms with Gasteiger partial charge in [-0.2, -0.15) is 0 Å². The average molecular weight is 318 g/mol. The Hall–Kier alpha value is -1.11. The number of aliphatic hydroxyl groups excluding tert-OH is 1. The fraction of sp³-hybridized carbons (Fsp3) is 0.417. The number of halogens is 1. The minimum atomic E-state index is -0.957. The number of carboxylic acids is 1. The second-order valence-corrected chi connectivity index (χ2v) is 4.53. The van der Waals surface area contributed by atoms with Gasteiger partial charge >= 0.3 is 5.97 Å². The number of carboxylic acid groups (broad SMARTS) is 1. The van der Waals surface area contributed by atoms with Crippen molar-refractivity contribution < 1.29 is 19.7 Å². The van der Waals surface area contributed by atoms with E-state index >= 15 is 0 Å². The zero-order valence-corrected chi connectivity index (χ0v) is 11.4. The first kappa shape index (κ1) is 14.9. The molecule has 100 valence electrons. The molecule has 0 atom stereocenters. The first-order chi connectivity index (χ1) is 8.65. The van der Waals surface area contributed by atoms with Crippen molar-refractivity contribution >= 4 is 27.6 Å². The number of carbonyl (C=O) groups is 1. The van der Waals surface area contributed by atoms with E-state index in [0.717, 1.165) is 10.9 Å². The Morgan fingerprint density at radius 2 is 2.17 bits per heavy atom. The number of hydrogen-bond donors (Lipinski definition) is 3. The molecular weight excluding hydrogens is 302 g/mol. The lowest BCUT2D eigenvalue weighted by Crippen LogP contribution is -2.10. The van der Waals surface area contributed by atoms with Gasteiger partial charge in [0.15, 0.2) is 0 Å². The van der Waals surface area contributed by atoms with Gasteiger partial charge in [-0.05, 0) is 24.6 Å². The fourth-order valence-electron chi connectivity index (χ4n) is 1.41. The predicted molar refractivity (Wildman–Crippen MR) is 72.1 cm³/mol. The minimum absolute atomic E-state index is 0.0161. The zero-order chi connectivity index (χ0) is 13.4. The Labute approximate surface area is 114 Å². The van der Waals surface area contributed by atoms with E-state index in [2.05, 4.69) is 21.2 Å². The number of aliphatic hydroxyl groups is 1. The van der Waals surface area contributed by atoms with E-state index in [1.54, 1.807) is 18.2 Å². The van der Waals surface area contributed by atoms with Crippen molar-refractivity contribution in [2.75, 3.05) is 31.7 Å². The molecule has 0 saturated carbocycles. The SMILES string of the molecule is O=C(O)c1ccc(Br)cc1NCCCOCCO. The van der Waals surface area contributed by atoms with Crippen LogP contribution in [0.25, 0.3) is 0 Å². The Balaban J connectivity index is 2.45. The molecular formula is C12H16BrNO4. The van der Waals surface area contributed by atoms with Crippen molar-refractivity contribution in [2.45, 2.75) is 6.42 Å². The van der Waals surface area contributed by atoms with E-state index in [1.165, 1.54) is 0 Å². The monoisotopic (exact) mass is 317 g/mol. The van der Waals surface area contributed by atoms with Crippen LogP contribution in [0.5, 0.6) is 0 Å². The number of benzene rings is 1. The highest BCUT2D eigenvalue weighted by Crippen LogP contribution is 2.21. The van der Waals surface area contributed by atoms with Gasteiger partial charge < -0.3 is 20.3 Å². The third-order valence-electron chi connectivity index (χ3n) is 2.23. The van der Waals surface area contributed by atoms with Crippen LogP contribution in [0.15, 0.2) is 22.7 Å². The first-order valence-electron chi connectivity index (χ1n) is 5.60. The van der Waals surface area contributed by atoms with Crippen LogP contribution < -0.4 is 5.32 Å². The summed E-state index contributed by atoms with van der Waals surface area (Å²) in [7, 11) is 0. The van der Waals surface area contributed by atoms with Crippen molar-refractivity contribution in [1.29, 1.82) is 0 Å². The van der Waals surface area contributed by atoms with Crippen LogP contribution in [-0.2, 0) is 4.74 Å². The number of nitrogens with one attached hydrogen (secondary N) is 1.